The zero-order valence-electron chi connectivity index (χ0n) is 9.89. The Morgan fingerprint density at radius 1 is 1.50 bits per heavy atom. The summed E-state index contributed by atoms with van der Waals surface area (Å²) in [4.78, 5) is 6.72. The van der Waals surface area contributed by atoms with Gasteiger partial charge in [-0.15, -0.1) is 0 Å². The number of aliphatic hydroxyl groups excluding tert-OH is 1. The van der Waals surface area contributed by atoms with Crippen LogP contribution < -0.4 is 0 Å². The number of hydrogen-bond donors (Lipinski definition) is 1. The number of aliphatic hydroxyl groups is 1. The van der Waals surface area contributed by atoms with E-state index in [1.165, 1.54) is 18.4 Å². The third kappa shape index (κ3) is 3.29. The van der Waals surface area contributed by atoms with Crippen LogP contribution in [0.4, 0.5) is 0 Å². The van der Waals surface area contributed by atoms with Crippen molar-refractivity contribution >= 4 is 0 Å². The number of nitrogens with zero attached hydrogens (tertiary/aromatic N) is 2. The van der Waals surface area contributed by atoms with E-state index in [1.54, 1.807) is 0 Å². The Hall–Kier alpha value is -0.930. The molecule has 0 saturated heterocycles. The maximum absolute atomic E-state index is 9.06. The van der Waals surface area contributed by atoms with E-state index < -0.39 is 0 Å². The van der Waals surface area contributed by atoms with E-state index in [9.17, 15) is 0 Å². The molecule has 0 aromatic carbocycles. The summed E-state index contributed by atoms with van der Waals surface area (Å²) in [5.41, 5.74) is 2.37. The van der Waals surface area contributed by atoms with Crippen molar-refractivity contribution in [1.82, 2.24) is 9.88 Å². The molecule has 3 nitrogen and oxygen atoms in total. The maximum Gasteiger partial charge on any atom is 0.0573 e. The first-order valence-corrected chi connectivity index (χ1v) is 6.03. The van der Waals surface area contributed by atoms with E-state index >= 15 is 0 Å². The maximum atomic E-state index is 9.06. The van der Waals surface area contributed by atoms with Crippen LogP contribution in [0.2, 0.25) is 0 Å². The molecule has 0 atom stereocenters. The topological polar surface area (TPSA) is 36.4 Å². The van der Waals surface area contributed by atoms with Crippen LogP contribution in [-0.4, -0.2) is 34.7 Å². The molecule has 0 radical (unpaired) electrons. The fourth-order valence-electron chi connectivity index (χ4n) is 1.94. The second-order valence-electron chi connectivity index (χ2n) is 4.67. The molecule has 0 aliphatic heterocycles. The average molecular weight is 220 g/mol. The summed E-state index contributed by atoms with van der Waals surface area (Å²) in [5.74, 6) is 0.857. The minimum atomic E-state index is 0.235. The predicted octanol–water partition coefficient (Wildman–Crippen LogP) is 1.59. The van der Waals surface area contributed by atoms with Crippen LogP contribution in [0.15, 0.2) is 18.3 Å². The Balaban J connectivity index is 1.95. The van der Waals surface area contributed by atoms with Gasteiger partial charge in [0.1, 0.15) is 0 Å². The lowest BCUT2D eigenvalue weighted by molar-refractivity contribution is 0.183. The van der Waals surface area contributed by atoms with Crippen molar-refractivity contribution in [1.29, 1.82) is 0 Å². The van der Waals surface area contributed by atoms with Crippen molar-refractivity contribution < 1.29 is 5.11 Å². The molecule has 0 bridgehead atoms. The number of aryl methyl sites for hydroxylation is 1. The Morgan fingerprint density at radius 3 is 2.94 bits per heavy atom. The van der Waals surface area contributed by atoms with Crippen LogP contribution in [0.25, 0.3) is 0 Å². The lowest BCUT2D eigenvalue weighted by Crippen LogP contribution is -2.29. The summed E-state index contributed by atoms with van der Waals surface area (Å²) in [6, 6.07) is 4.06. The van der Waals surface area contributed by atoms with Crippen molar-refractivity contribution in [2.45, 2.75) is 26.3 Å². The summed E-state index contributed by atoms with van der Waals surface area (Å²) in [7, 11) is 0. The molecular weight excluding hydrogens is 200 g/mol. The highest BCUT2D eigenvalue weighted by Crippen LogP contribution is 2.30. The molecule has 1 N–H and O–H groups in total. The summed E-state index contributed by atoms with van der Waals surface area (Å²) in [6.45, 7) is 5.06. The van der Waals surface area contributed by atoms with E-state index in [4.69, 9.17) is 5.11 Å². The van der Waals surface area contributed by atoms with E-state index in [0.717, 1.165) is 31.2 Å². The lowest BCUT2D eigenvalue weighted by atomic mass is 10.2. The van der Waals surface area contributed by atoms with Crippen molar-refractivity contribution in [3.8, 4) is 0 Å². The fourth-order valence-corrected chi connectivity index (χ4v) is 1.94. The highest BCUT2D eigenvalue weighted by atomic mass is 16.3. The van der Waals surface area contributed by atoms with Crippen LogP contribution in [-0.2, 0) is 6.54 Å². The van der Waals surface area contributed by atoms with Gasteiger partial charge in [0.05, 0.1) is 12.3 Å². The molecule has 1 aliphatic carbocycles. The second-order valence-corrected chi connectivity index (χ2v) is 4.67. The van der Waals surface area contributed by atoms with E-state index in [2.05, 4.69) is 22.9 Å². The van der Waals surface area contributed by atoms with Crippen LogP contribution in [0, 0.1) is 12.8 Å². The standard InChI is InChI=1S/C13H20N2O/c1-11-3-2-6-14-13(11)10-15(7-8-16)9-12-4-5-12/h2-3,6,12,16H,4-5,7-10H2,1H3. The fraction of sp³-hybridized carbons (Fsp3) is 0.615. The Kier molecular flexibility index (Phi) is 3.91. The van der Waals surface area contributed by atoms with Gasteiger partial charge in [0.25, 0.3) is 0 Å². The van der Waals surface area contributed by atoms with Gasteiger partial charge in [-0.05, 0) is 37.3 Å². The normalized spacial score (nSPS) is 15.7. The number of rotatable bonds is 6. The smallest absolute Gasteiger partial charge is 0.0573 e. The molecule has 2 rings (SSSR count). The minimum Gasteiger partial charge on any atom is -0.395 e. The zero-order chi connectivity index (χ0) is 11.4. The molecule has 1 fully saturated rings. The van der Waals surface area contributed by atoms with Crippen LogP contribution in [0.3, 0.4) is 0 Å². The van der Waals surface area contributed by atoms with E-state index in [0.29, 0.717) is 0 Å². The van der Waals surface area contributed by atoms with Crippen molar-refractivity contribution in [2.24, 2.45) is 5.92 Å². The Morgan fingerprint density at radius 2 is 2.31 bits per heavy atom. The monoisotopic (exact) mass is 220 g/mol. The molecule has 0 amide bonds. The molecule has 88 valence electrons. The molecule has 0 unspecified atom stereocenters. The third-order valence-corrected chi connectivity index (χ3v) is 3.12. The van der Waals surface area contributed by atoms with Crippen LogP contribution in [0.5, 0.6) is 0 Å². The van der Waals surface area contributed by atoms with Crippen LogP contribution in [0.1, 0.15) is 24.1 Å². The molecule has 1 aliphatic rings. The van der Waals surface area contributed by atoms with E-state index in [-0.39, 0.29) is 6.61 Å². The first kappa shape index (κ1) is 11.6. The highest BCUT2D eigenvalue weighted by Gasteiger charge is 2.24. The molecule has 3 heteroatoms. The van der Waals surface area contributed by atoms with Crippen LogP contribution >= 0.6 is 0 Å². The first-order chi connectivity index (χ1) is 7.79. The van der Waals surface area contributed by atoms with Gasteiger partial charge >= 0.3 is 0 Å². The Labute approximate surface area is 97.1 Å². The summed E-state index contributed by atoms with van der Waals surface area (Å²) in [5, 5.41) is 9.06. The average Bonchev–Trinajstić information content (AvgIpc) is 3.06. The molecular formula is C13H20N2O. The van der Waals surface area contributed by atoms with Crippen molar-refractivity contribution in [3.63, 3.8) is 0 Å². The quantitative estimate of drug-likeness (QED) is 0.791. The number of pyridine rings is 1. The largest absolute Gasteiger partial charge is 0.395 e. The summed E-state index contributed by atoms with van der Waals surface area (Å²) < 4.78 is 0. The number of hydrogen-bond acceptors (Lipinski definition) is 3. The Bertz CT molecular complexity index is 336. The second kappa shape index (κ2) is 5.41. The predicted molar refractivity (Wildman–Crippen MR) is 64.1 cm³/mol. The molecule has 1 aromatic rings. The highest BCUT2D eigenvalue weighted by molar-refractivity contribution is 5.17. The molecule has 1 saturated carbocycles. The zero-order valence-corrected chi connectivity index (χ0v) is 9.89. The van der Waals surface area contributed by atoms with Gasteiger partial charge < -0.3 is 5.11 Å². The number of aromatic nitrogens is 1. The van der Waals surface area contributed by atoms with Gasteiger partial charge in [-0.1, -0.05) is 6.07 Å². The first-order valence-electron chi connectivity index (χ1n) is 6.03. The molecule has 1 heterocycles. The third-order valence-electron chi connectivity index (χ3n) is 3.12. The molecule has 16 heavy (non-hydrogen) atoms. The van der Waals surface area contributed by atoms with Gasteiger partial charge in [-0.25, -0.2) is 0 Å². The van der Waals surface area contributed by atoms with Gasteiger partial charge in [0.2, 0.25) is 0 Å². The molecule has 0 spiro atoms. The SMILES string of the molecule is Cc1cccnc1CN(CCO)CC1CC1. The lowest BCUT2D eigenvalue weighted by Gasteiger charge is -2.21. The van der Waals surface area contributed by atoms with Gasteiger partial charge in [-0.3, -0.25) is 9.88 Å². The minimum absolute atomic E-state index is 0.235. The van der Waals surface area contributed by atoms with Crippen molar-refractivity contribution in [2.75, 3.05) is 19.7 Å². The van der Waals surface area contributed by atoms with E-state index in [1.807, 2.05) is 12.3 Å². The van der Waals surface area contributed by atoms with Crippen molar-refractivity contribution in [3.05, 3.63) is 29.6 Å². The van der Waals surface area contributed by atoms with Gasteiger partial charge in [0, 0.05) is 25.8 Å². The molecule has 1 aromatic heterocycles. The summed E-state index contributed by atoms with van der Waals surface area (Å²) >= 11 is 0. The van der Waals surface area contributed by atoms with Gasteiger partial charge in [-0.2, -0.15) is 0 Å². The van der Waals surface area contributed by atoms with Gasteiger partial charge in [0.15, 0.2) is 0 Å². The summed E-state index contributed by atoms with van der Waals surface area (Å²) in [6.07, 6.45) is 4.54.